The van der Waals surface area contributed by atoms with E-state index in [-0.39, 0.29) is 22.8 Å². The Morgan fingerprint density at radius 3 is 2.73 bits per heavy atom. The van der Waals surface area contributed by atoms with Crippen LogP contribution in [0.25, 0.3) is 0 Å². The Morgan fingerprint density at radius 1 is 1.60 bits per heavy atom. The Labute approximate surface area is 94.2 Å². The Bertz CT molecular complexity index is 273. The molecular weight excluding hydrogens is 212 g/mol. The maximum Gasteiger partial charge on any atom is 0.193 e. The van der Waals surface area contributed by atoms with Gasteiger partial charge in [0, 0.05) is 5.75 Å². The predicted molar refractivity (Wildman–Crippen MR) is 64.2 cm³/mol. The lowest BCUT2D eigenvalue weighted by atomic mass is 10.1. The Balaban J connectivity index is 2.27. The number of ether oxygens (including phenoxy) is 1. The molecule has 5 N–H and O–H groups in total. The van der Waals surface area contributed by atoms with E-state index in [0.29, 0.717) is 0 Å². The summed E-state index contributed by atoms with van der Waals surface area (Å²) >= 11 is 1.31. The fourth-order valence-corrected chi connectivity index (χ4v) is 2.26. The molecule has 1 aliphatic rings. The number of nitrogens with zero attached hydrogens (tertiary/aromatic N) is 1. The summed E-state index contributed by atoms with van der Waals surface area (Å²) in [6.07, 6.45) is 2.31. The number of hydrogen-bond donors (Lipinski definition) is 3. The number of rotatable bonds is 2. The van der Waals surface area contributed by atoms with Gasteiger partial charge < -0.3 is 16.2 Å². The van der Waals surface area contributed by atoms with Gasteiger partial charge in [-0.05, 0) is 26.7 Å². The molecule has 0 aromatic rings. The van der Waals surface area contributed by atoms with Crippen molar-refractivity contribution in [1.29, 1.82) is 5.41 Å². The highest BCUT2D eigenvalue weighted by Crippen LogP contribution is 2.31. The first-order chi connectivity index (χ1) is 6.89. The summed E-state index contributed by atoms with van der Waals surface area (Å²) in [5.41, 5.74) is 10.3. The first kappa shape index (κ1) is 12.3. The molecule has 6 heteroatoms. The van der Waals surface area contributed by atoms with Gasteiger partial charge in [0.05, 0.1) is 11.7 Å². The molecule has 1 heterocycles. The quantitative estimate of drug-likeness (QED) is 0.484. The molecule has 0 amide bonds. The van der Waals surface area contributed by atoms with E-state index in [1.54, 1.807) is 0 Å². The molecule has 1 rings (SSSR count). The van der Waals surface area contributed by atoms with E-state index in [4.69, 9.17) is 21.6 Å². The standard InChI is InChI=1S/C9H18N4OS/c1-9(2)4-3-6(14-9)5-15-8(12)13-7(10)11/h6H,3-5H2,1-2H3,(H5,10,11,12,13). The normalized spacial score (nSPS) is 23.7. The van der Waals surface area contributed by atoms with Crippen LogP contribution in [-0.4, -0.2) is 28.6 Å². The maximum absolute atomic E-state index is 7.44. The number of nitrogens with one attached hydrogen (secondary N) is 1. The fraction of sp³-hybridized carbons (Fsp3) is 0.778. The minimum absolute atomic E-state index is 0.0242. The zero-order valence-corrected chi connectivity index (χ0v) is 9.93. The molecule has 86 valence electrons. The summed E-state index contributed by atoms with van der Waals surface area (Å²) < 4.78 is 5.78. The second kappa shape index (κ2) is 4.85. The highest BCUT2D eigenvalue weighted by Gasteiger charge is 2.31. The van der Waals surface area contributed by atoms with Crippen LogP contribution >= 0.6 is 11.8 Å². The largest absolute Gasteiger partial charge is 0.371 e. The van der Waals surface area contributed by atoms with Crippen molar-refractivity contribution < 1.29 is 4.74 Å². The molecule has 1 atom stereocenters. The van der Waals surface area contributed by atoms with Gasteiger partial charge in [-0.1, -0.05) is 11.8 Å². The van der Waals surface area contributed by atoms with E-state index in [0.717, 1.165) is 18.6 Å². The highest BCUT2D eigenvalue weighted by molar-refractivity contribution is 8.13. The summed E-state index contributed by atoms with van der Waals surface area (Å²) in [4.78, 5) is 3.64. The second-order valence-electron chi connectivity index (χ2n) is 4.19. The number of amidine groups is 1. The molecule has 5 nitrogen and oxygen atoms in total. The average Bonchev–Trinajstić information content (AvgIpc) is 2.41. The van der Waals surface area contributed by atoms with Crippen LogP contribution in [0.4, 0.5) is 0 Å². The van der Waals surface area contributed by atoms with Crippen molar-refractivity contribution in [2.45, 2.75) is 38.4 Å². The highest BCUT2D eigenvalue weighted by atomic mass is 32.2. The van der Waals surface area contributed by atoms with Gasteiger partial charge in [0.15, 0.2) is 11.1 Å². The van der Waals surface area contributed by atoms with E-state index in [2.05, 4.69) is 18.8 Å². The van der Waals surface area contributed by atoms with Gasteiger partial charge >= 0.3 is 0 Å². The Morgan fingerprint density at radius 2 is 2.27 bits per heavy atom. The maximum atomic E-state index is 7.44. The molecule has 1 unspecified atom stereocenters. The van der Waals surface area contributed by atoms with E-state index >= 15 is 0 Å². The minimum Gasteiger partial charge on any atom is -0.371 e. The van der Waals surface area contributed by atoms with Crippen molar-refractivity contribution in [2.75, 3.05) is 5.75 Å². The molecule has 0 saturated carbocycles. The molecule has 0 aromatic heterocycles. The Hall–Kier alpha value is -0.750. The summed E-state index contributed by atoms with van der Waals surface area (Å²) in [6.45, 7) is 4.16. The van der Waals surface area contributed by atoms with Gasteiger partial charge in [0.25, 0.3) is 0 Å². The minimum atomic E-state index is -0.0693. The average molecular weight is 230 g/mol. The van der Waals surface area contributed by atoms with Crippen LogP contribution in [0, 0.1) is 5.41 Å². The van der Waals surface area contributed by atoms with Crippen molar-refractivity contribution in [3.05, 3.63) is 0 Å². The van der Waals surface area contributed by atoms with Crippen LogP contribution in [0.15, 0.2) is 4.99 Å². The topological polar surface area (TPSA) is 97.5 Å². The summed E-state index contributed by atoms with van der Waals surface area (Å²) in [5.74, 6) is 0.666. The molecule has 0 bridgehead atoms. The van der Waals surface area contributed by atoms with Gasteiger partial charge in [-0.2, -0.15) is 4.99 Å². The SMILES string of the molecule is CC1(C)CCC(CSC(=N)N=C(N)N)O1. The lowest BCUT2D eigenvalue weighted by molar-refractivity contribution is -0.00459. The molecule has 1 saturated heterocycles. The van der Waals surface area contributed by atoms with Crippen LogP contribution in [0.5, 0.6) is 0 Å². The van der Waals surface area contributed by atoms with Gasteiger partial charge in [-0.15, -0.1) is 0 Å². The van der Waals surface area contributed by atoms with Crippen LogP contribution in [0.3, 0.4) is 0 Å². The van der Waals surface area contributed by atoms with Crippen LogP contribution in [0.2, 0.25) is 0 Å². The Kier molecular flexibility index (Phi) is 3.98. The molecule has 15 heavy (non-hydrogen) atoms. The fourth-order valence-electron chi connectivity index (χ4n) is 1.52. The van der Waals surface area contributed by atoms with Crippen molar-refractivity contribution in [3.8, 4) is 0 Å². The van der Waals surface area contributed by atoms with Gasteiger partial charge in [-0.25, -0.2) is 0 Å². The number of guanidine groups is 1. The number of aliphatic imine (C=N–C) groups is 1. The van der Waals surface area contributed by atoms with E-state index in [1.807, 2.05) is 0 Å². The third-order valence-corrected chi connectivity index (χ3v) is 3.09. The zero-order valence-electron chi connectivity index (χ0n) is 9.12. The first-order valence-electron chi connectivity index (χ1n) is 4.88. The molecule has 1 aliphatic heterocycles. The smallest absolute Gasteiger partial charge is 0.193 e. The monoisotopic (exact) mass is 230 g/mol. The van der Waals surface area contributed by atoms with Gasteiger partial charge in [0.1, 0.15) is 0 Å². The third-order valence-electron chi connectivity index (χ3n) is 2.19. The molecule has 0 radical (unpaired) electrons. The van der Waals surface area contributed by atoms with E-state index in [9.17, 15) is 0 Å². The molecule has 0 aliphatic carbocycles. The number of hydrogen-bond acceptors (Lipinski definition) is 3. The van der Waals surface area contributed by atoms with Gasteiger partial charge in [0.2, 0.25) is 0 Å². The lowest BCUT2D eigenvalue weighted by Crippen LogP contribution is -2.24. The predicted octanol–water partition coefficient (Wildman–Crippen LogP) is 0.885. The van der Waals surface area contributed by atoms with Crippen molar-refractivity contribution in [1.82, 2.24) is 0 Å². The summed E-state index contributed by atoms with van der Waals surface area (Å²) in [6, 6.07) is 0. The van der Waals surface area contributed by atoms with Crippen molar-refractivity contribution in [2.24, 2.45) is 16.5 Å². The molecule has 0 spiro atoms. The number of nitrogens with two attached hydrogens (primary N) is 2. The van der Waals surface area contributed by atoms with Crippen molar-refractivity contribution >= 4 is 22.9 Å². The third kappa shape index (κ3) is 4.53. The van der Waals surface area contributed by atoms with Crippen LogP contribution < -0.4 is 11.5 Å². The molecular formula is C9H18N4OS. The second-order valence-corrected chi connectivity index (χ2v) is 5.20. The van der Waals surface area contributed by atoms with E-state index in [1.165, 1.54) is 11.8 Å². The van der Waals surface area contributed by atoms with Gasteiger partial charge in [-0.3, -0.25) is 5.41 Å². The molecule has 0 aromatic carbocycles. The van der Waals surface area contributed by atoms with Crippen molar-refractivity contribution in [3.63, 3.8) is 0 Å². The molecule has 1 fully saturated rings. The zero-order chi connectivity index (χ0) is 11.5. The van der Waals surface area contributed by atoms with Crippen LogP contribution in [0.1, 0.15) is 26.7 Å². The first-order valence-corrected chi connectivity index (χ1v) is 5.86. The summed E-state index contributed by atoms with van der Waals surface area (Å²) in [7, 11) is 0. The van der Waals surface area contributed by atoms with E-state index < -0.39 is 0 Å². The lowest BCUT2D eigenvalue weighted by Gasteiger charge is -2.18. The van der Waals surface area contributed by atoms with Crippen LogP contribution in [-0.2, 0) is 4.74 Å². The summed E-state index contributed by atoms with van der Waals surface area (Å²) in [5, 5.41) is 7.58. The number of thioether (sulfide) groups is 1.